The second-order valence-corrected chi connectivity index (χ2v) is 6.03. The van der Waals surface area contributed by atoms with Gasteiger partial charge in [-0.2, -0.15) is 0 Å². The molecule has 0 aliphatic carbocycles. The molecule has 1 heterocycles. The summed E-state index contributed by atoms with van der Waals surface area (Å²) in [4.78, 5) is 2.74. The van der Waals surface area contributed by atoms with Gasteiger partial charge in [0.1, 0.15) is 5.75 Å². The number of fused-ring (bicyclic) bond motifs is 1. The summed E-state index contributed by atoms with van der Waals surface area (Å²) in [5, 5.41) is 2.56. The standard InChI is InChI=1S/C17H16OS/c1-12-7-9-14(19-12)11-16-15-6-4-3-5-13(15)8-10-17(16)18-2/h3-10H,11H2,1-2H3. The van der Waals surface area contributed by atoms with Crippen molar-refractivity contribution in [1.82, 2.24) is 0 Å². The molecule has 0 fully saturated rings. The van der Waals surface area contributed by atoms with Crippen molar-refractivity contribution in [3.05, 3.63) is 63.8 Å². The van der Waals surface area contributed by atoms with Gasteiger partial charge >= 0.3 is 0 Å². The number of thiophene rings is 1. The Bertz CT molecular complexity index is 712. The molecule has 96 valence electrons. The summed E-state index contributed by atoms with van der Waals surface area (Å²) in [5.41, 5.74) is 1.28. The van der Waals surface area contributed by atoms with Gasteiger partial charge in [-0.15, -0.1) is 11.3 Å². The Labute approximate surface area is 117 Å². The molecule has 3 aromatic rings. The summed E-state index contributed by atoms with van der Waals surface area (Å²) < 4.78 is 5.54. The van der Waals surface area contributed by atoms with Crippen LogP contribution in [0.4, 0.5) is 0 Å². The minimum Gasteiger partial charge on any atom is -0.496 e. The highest BCUT2D eigenvalue weighted by Gasteiger charge is 2.09. The molecule has 0 atom stereocenters. The predicted molar refractivity (Wildman–Crippen MR) is 82.4 cm³/mol. The fraction of sp³-hybridized carbons (Fsp3) is 0.176. The summed E-state index contributed by atoms with van der Waals surface area (Å²) >= 11 is 1.85. The highest BCUT2D eigenvalue weighted by Crippen LogP contribution is 2.31. The zero-order chi connectivity index (χ0) is 13.2. The number of benzene rings is 2. The first-order chi connectivity index (χ1) is 9.28. The van der Waals surface area contributed by atoms with Crippen LogP contribution >= 0.6 is 11.3 Å². The number of hydrogen-bond donors (Lipinski definition) is 0. The van der Waals surface area contributed by atoms with Crippen LogP contribution in [0.1, 0.15) is 15.3 Å². The van der Waals surface area contributed by atoms with Crippen LogP contribution in [0.15, 0.2) is 48.5 Å². The average Bonchev–Trinajstić information content (AvgIpc) is 2.85. The molecule has 0 saturated carbocycles. The molecular weight excluding hydrogens is 252 g/mol. The van der Waals surface area contributed by atoms with Crippen LogP contribution in [-0.4, -0.2) is 7.11 Å². The Morgan fingerprint density at radius 1 is 1.00 bits per heavy atom. The zero-order valence-corrected chi connectivity index (χ0v) is 12.0. The molecule has 0 spiro atoms. The molecule has 1 aromatic heterocycles. The van der Waals surface area contributed by atoms with Crippen molar-refractivity contribution in [1.29, 1.82) is 0 Å². The van der Waals surface area contributed by atoms with Gasteiger partial charge in [0.2, 0.25) is 0 Å². The topological polar surface area (TPSA) is 9.23 Å². The third-order valence-electron chi connectivity index (χ3n) is 3.36. The molecule has 0 aliphatic heterocycles. The quantitative estimate of drug-likeness (QED) is 0.662. The van der Waals surface area contributed by atoms with Crippen LogP contribution in [0.5, 0.6) is 5.75 Å². The Balaban J connectivity index is 2.14. The third-order valence-corrected chi connectivity index (χ3v) is 4.37. The summed E-state index contributed by atoms with van der Waals surface area (Å²) in [7, 11) is 1.74. The van der Waals surface area contributed by atoms with Gasteiger partial charge in [-0.05, 0) is 35.9 Å². The van der Waals surface area contributed by atoms with Crippen molar-refractivity contribution in [2.45, 2.75) is 13.3 Å². The lowest BCUT2D eigenvalue weighted by molar-refractivity contribution is 0.411. The number of aryl methyl sites for hydroxylation is 1. The van der Waals surface area contributed by atoms with Gasteiger partial charge in [-0.3, -0.25) is 0 Å². The molecule has 0 bridgehead atoms. The molecule has 0 amide bonds. The second-order valence-electron chi connectivity index (χ2n) is 4.66. The van der Waals surface area contributed by atoms with Crippen molar-refractivity contribution in [3.63, 3.8) is 0 Å². The molecule has 0 radical (unpaired) electrons. The van der Waals surface area contributed by atoms with Crippen molar-refractivity contribution >= 4 is 22.1 Å². The maximum Gasteiger partial charge on any atom is 0.123 e. The van der Waals surface area contributed by atoms with Gasteiger partial charge < -0.3 is 4.74 Å². The van der Waals surface area contributed by atoms with Crippen molar-refractivity contribution in [2.24, 2.45) is 0 Å². The van der Waals surface area contributed by atoms with Gasteiger partial charge in [-0.25, -0.2) is 0 Å². The predicted octanol–water partition coefficient (Wildman–Crippen LogP) is 4.81. The Kier molecular flexibility index (Phi) is 3.26. The van der Waals surface area contributed by atoms with Crippen LogP contribution < -0.4 is 4.74 Å². The highest BCUT2D eigenvalue weighted by molar-refractivity contribution is 7.11. The highest BCUT2D eigenvalue weighted by atomic mass is 32.1. The van der Waals surface area contributed by atoms with Crippen molar-refractivity contribution in [3.8, 4) is 5.75 Å². The lowest BCUT2D eigenvalue weighted by Crippen LogP contribution is -1.94. The fourth-order valence-corrected chi connectivity index (χ4v) is 3.35. The minimum absolute atomic E-state index is 0.934. The van der Waals surface area contributed by atoms with Crippen molar-refractivity contribution < 1.29 is 4.74 Å². The number of rotatable bonds is 3. The first-order valence-corrected chi connectivity index (χ1v) is 7.19. The van der Waals surface area contributed by atoms with Crippen LogP contribution in [0.2, 0.25) is 0 Å². The van der Waals surface area contributed by atoms with Gasteiger partial charge in [0.25, 0.3) is 0 Å². The Hall–Kier alpha value is -1.80. The normalized spacial score (nSPS) is 10.8. The van der Waals surface area contributed by atoms with Gasteiger partial charge in [0, 0.05) is 21.7 Å². The molecule has 0 saturated heterocycles. The van der Waals surface area contributed by atoms with Gasteiger partial charge in [-0.1, -0.05) is 30.3 Å². The summed E-state index contributed by atoms with van der Waals surface area (Å²) in [6.45, 7) is 2.15. The van der Waals surface area contributed by atoms with Crippen LogP contribution in [0.3, 0.4) is 0 Å². The van der Waals surface area contributed by atoms with Gasteiger partial charge in [0.05, 0.1) is 7.11 Å². The van der Waals surface area contributed by atoms with E-state index in [9.17, 15) is 0 Å². The van der Waals surface area contributed by atoms with E-state index in [2.05, 4.69) is 55.5 Å². The fourth-order valence-electron chi connectivity index (χ4n) is 2.44. The molecule has 1 nitrogen and oxygen atoms in total. The SMILES string of the molecule is COc1ccc2ccccc2c1Cc1ccc(C)s1. The average molecular weight is 268 g/mol. The monoisotopic (exact) mass is 268 g/mol. The Morgan fingerprint density at radius 2 is 1.84 bits per heavy atom. The number of methoxy groups -OCH3 is 1. The van der Waals surface area contributed by atoms with Crippen LogP contribution in [-0.2, 0) is 6.42 Å². The van der Waals surface area contributed by atoms with E-state index in [-0.39, 0.29) is 0 Å². The largest absolute Gasteiger partial charge is 0.496 e. The lowest BCUT2D eigenvalue weighted by Gasteiger charge is -2.11. The summed E-state index contributed by atoms with van der Waals surface area (Å²) in [6.07, 6.45) is 0.934. The van der Waals surface area contributed by atoms with E-state index >= 15 is 0 Å². The van der Waals surface area contributed by atoms with E-state index in [1.165, 1.54) is 26.1 Å². The minimum atomic E-state index is 0.934. The number of hydrogen-bond acceptors (Lipinski definition) is 2. The van der Waals surface area contributed by atoms with E-state index in [0.29, 0.717) is 0 Å². The van der Waals surface area contributed by atoms with E-state index in [1.54, 1.807) is 7.11 Å². The van der Waals surface area contributed by atoms with E-state index in [4.69, 9.17) is 4.74 Å². The third kappa shape index (κ3) is 2.36. The smallest absolute Gasteiger partial charge is 0.123 e. The zero-order valence-electron chi connectivity index (χ0n) is 11.1. The summed E-state index contributed by atoms with van der Waals surface area (Å²) in [6, 6.07) is 17.1. The molecular formula is C17H16OS. The second kappa shape index (κ2) is 5.06. The molecule has 2 heteroatoms. The molecule has 3 rings (SSSR count). The first-order valence-electron chi connectivity index (χ1n) is 6.38. The van der Waals surface area contributed by atoms with Crippen molar-refractivity contribution in [2.75, 3.05) is 7.11 Å². The summed E-state index contributed by atoms with van der Waals surface area (Å²) in [5.74, 6) is 0.977. The van der Waals surface area contributed by atoms with Gasteiger partial charge in [0.15, 0.2) is 0 Å². The molecule has 19 heavy (non-hydrogen) atoms. The van der Waals surface area contributed by atoms with Crippen LogP contribution in [0.25, 0.3) is 10.8 Å². The van der Waals surface area contributed by atoms with E-state index in [0.717, 1.165) is 12.2 Å². The molecule has 0 unspecified atom stereocenters. The maximum absolute atomic E-state index is 5.54. The molecule has 0 aliphatic rings. The van der Waals surface area contributed by atoms with E-state index in [1.807, 2.05) is 11.3 Å². The molecule has 0 N–H and O–H groups in total. The lowest BCUT2D eigenvalue weighted by atomic mass is 10.0. The van der Waals surface area contributed by atoms with Crippen LogP contribution in [0, 0.1) is 6.92 Å². The number of ether oxygens (including phenoxy) is 1. The van der Waals surface area contributed by atoms with E-state index < -0.39 is 0 Å². The maximum atomic E-state index is 5.54. The Morgan fingerprint density at radius 3 is 2.58 bits per heavy atom. The first kappa shape index (κ1) is 12.2. The molecule has 2 aromatic carbocycles.